The fraction of sp³-hybridized carbons (Fsp3) is 0.923. The first-order chi connectivity index (χ1) is 8.68. The summed E-state index contributed by atoms with van der Waals surface area (Å²) >= 11 is 0. The predicted octanol–water partition coefficient (Wildman–Crippen LogP) is 0.492. The summed E-state index contributed by atoms with van der Waals surface area (Å²) in [5.74, 6) is 0.126. The van der Waals surface area contributed by atoms with Gasteiger partial charge in [-0.1, -0.05) is 13.8 Å². The Hall–Kier alpha value is -0.360. The highest BCUT2D eigenvalue weighted by molar-refractivity contribution is 5.85. The van der Waals surface area contributed by atoms with Gasteiger partial charge in [0, 0.05) is 26.7 Å². The van der Waals surface area contributed by atoms with E-state index in [1.165, 1.54) is 0 Å². The van der Waals surface area contributed by atoms with Gasteiger partial charge in [0.05, 0.1) is 12.0 Å². The minimum Gasteiger partial charge on any atom is -0.384 e. The Kier molecular flexibility index (Phi) is 9.35. The molecule has 0 radical (unpaired) electrons. The number of ether oxygens (including phenoxy) is 1. The minimum absolute atomic E-state index is 0. The molecule has 0 aromatic rings. The van der Waals surface area contributed by atoms with E-state index in [-0.39, 0.29) is 23.7 Å². The molecule has 1 fully saturated rings. The summed E-state index contributed by atoms with van der Waals surface area (Å²) < 4.78 is 5.21. The van der Waals surface area contributed by atoms with Gasteiger partial charge in [0.1, 0.15) is 0 Å². The predicted molar refractivity (Wildman–Crippen MR) is 79.8 cm³/mol. The van der Waals surface area contributed by atoms with E-state index in [2.05, 4.69) is 29.4 Å². The third-order valence-electron chi connectivity index (χ3n) is 3.75. The van der Waals surface area contributed by atoms with Crippen LogP contribution in [0.15, 0.2) is 0 Å². The number of amides is 1. The number of nitrogens with one attached hydrogen (secondary N) is 2. The molecule has 6 heteroatoms. The lowest BCUT2D eigenvalue weighted by molar-refractivity contribution is -0.133. The van der Waals surface area contributed by atoms with Crippen LogP contribution in [0, 0.1) is 5.41 Å². The van der Waals surface area contributed by atoms with Crippen molar-refractivity contribution in [1.82, 2.24) is 15.5 Å². The lowest BCUT2D eigenvalue weighted by Crippen LogP contribution is -2.47. The second kappa shape index (κ2) is 9.53. The average Bonchev–Trinajstić information content (AvgIpc) is 2.85. The van der Waals surface area contributed by atoms with Crippen LogP contribution in [0.2, 0.25) is 0 Å². The number of halogens is 1. The lowest BCUT2D eigenvalue weighted by atomic mass is 9.87. The normalized spacial score (nSPS) is 22.3. The van der Waals surface area contributed by atoms with Crippen molar-refractivity contribution in [2.24, 2.45) is 5.41 Å². The molecule has 2 N–H and O–H groups in total. The Bertz CT molecular complexity index is 254. The van der Waals surface area contributed by atoms with Crippen molar-refractivity contribution in [2.75, 3.05) is 53.0 Å². The van der Waals surface area contributed by atoms with Crippen molar-refractivity contribution in [1.29, 1.82) is 0 Å². The summed E-state index contributed by atoms with van der Waals surface area (Å²) in [7, 11) is 1.66. The van der Waals surface area contributed by atoms with Gasteiger partial charge in [0.15, 0.2) is 0 Å². The van der Waals surface area contributed by atoms with Gasteiger partial charge >= 0.3 is 0 Å². The van der Waals surface area contributed by atoms with Crippen LogP contribution < -0.4 is 10.6 Å². The summed E-state index contributed by atoms with van der Waals surface area (Å²) in [6.07, 6.45) is 0.859. The van der Waals surface area contributed by atoms with Crippen LogP contribution in [0.3, 0.4) is 0 Å². The lowest BCUT2D eigenvalue weighted by Gasteiger charge is -2.27. The van der Waals surface area contributed by atoms with Gasteiger partial charge in [-0.3, -0.25) is 4.79 Å². The summed E-state index contributed by atoms with van der Waals surface area (Å²) in [6.45, 7) is 10.1. The molecule has 0 aromatic heterocycles. The van der Waals surface area contributed by atoms with E-state index in [0.717, 1.165) is 39.1 Å². The smallest absolute Gasteiger partial charge is 0.229 e. The molecule has 0 spiro atoms. The minimum atomic E-state index is -0.363. The maximum Gasteiger partial charge on any atom is 0.229 e. The first-order valence-corrected chi connectivity index (χ1v) is 6.89. The van der Waals surface area contributed by atoms with E-state index in [9.17, 15) is 4.79 Å². The quantitative estimate of drug-likeness (QED) is 0.684. The number of hydrogen-bond acceptors (Lipinski definition) is 4. The fourth-order valence-electron chi connectivity index (χ4n) is 2.46. The number of nitrogens with zero attached hydrogens (tertiary/aromatic N) is 1. The highest BCUT2D eigenvalue weighted by Gasteiger charge is 2.41. The summed E-state index contributed by atoms with van der Waals surface area (Å²) in [6, 6.07) is 0. The van der Waals surface area contributed by atoms with E-state index in [4.69, 9.17) is 4.74 Å². The Morgan fingerprint density at radius 3 is 2.58 bits per heavy atom. The van der Waals surface area contributed by atoms with Gasteiger partial charge in [-0.2, -0.15) is 0 Å². The van der Waals surface area contributed by atoms with Gasteiger partial charge in [-0.15, -0.1) is 12.4 Å². The van der Waals surface area contributed by atoms with E-state index >= 15 is 0 Å². The Morgan fingerprint density at radius 1 is 1.42 bits per heavy atom. The Balaban J connectivity index is 0.00000324. The van der Waals surface area contributed by atoms with Gasteiger partial charge in [-0.05, 0) is 26.1 Å². The summed E-state index contributed by atoms with van der Waals surface area (Å²) in [4.78, 5) is 14.6. The highest BCUT2D eigenvalue weighted by Crippen LogP contribution is 2.25. The van der Waals surface area contributed by atoms with Crippen LogP contribution in [-0.2, 0) is 9.53 Å². The van der Waals surface area contributed by atoms with Crippen LogP contribution in [0.25, 0.3) is 0 Å². The molecule has 1 aliphatic rings. The van der Waals surface area contributed by atoms with E-state index in [1.807, 2.05) is 0 Å². The maximum atomic E-state index is 12.3. The van der Waals surface area contributed by atoms with Crippen LogP contribution >= 0.6 is 12.4 Å². The molecule has 1 saturated heterocycles. The molecule has 114 valence electrons. The van der Waals surface area contributed by atoms with Crippen LogP contribution in [0.5, 0.6) is 0 Å². The van der Waals surface area contributed by atoms with Crippen LogP contribution in [0.4, 0.5) is 0 Å². The zero-order valence-corrected chi connectivity index (χ0v) is 13.1. The molecule has 5 nitrogen and oxygen atoms in total. The third kappa shape index (κ3) is 5.26. The molecule has 1 aliphatic heterocycles. The largest absolute Gasteiger partial charge is 0.384 e. The maximum absolute atomic E-state index is 12.3. The van der Waals surface area contributed by atoms with E-state index in [0.29, 0.717) is 13.2 Å². The number of methoxy groups -OCH3 is 1. The van der Waals surface area contributed by atoms with Gasteiger partial charge in [0.25, 0.3) is 0 Å². The van der Waals surface area contributed by atoms with Crippen molar-refractivity contribution in [2.45, 2.75) is 20.3 Å². The summed E-state index contributed by atoms with van der Waals surface area (Å²) in [5, 5.41) is 6.30. The molecular weight excluding hydrogens is 266 g/mol. The molecular formula is C13H28ClN3O2. The second-order valence-corrected chi connectivity index (χ2v) is 4.92. The number of carbonyl (C=O) groups is 1. The molecule has 0 bridgehead atoms. The standard InChI is InChI=1S/C13H27N3O2.ClH/c1-4-16(5-2)9-8-15-12(17)13(11-18-3)6-7-14-10-13;/h14H,4-11H2,1-3H3,(H,15,17);1H. The molecule has 1 unspecified atom stereocenters. The molecule has 19 heavy (non-hydrogen) atoms. The molecule has 1 amide bonds. The average molecular weight is 294 g/mol. The molecule has 0 aromatic carbocycles. The Morgan fingerprint density at radius 2 is 2.11 bits per heavy atom. The monoisotopic (exact) mass is 293 g/mol. The van der Waals surface area contributed by atoms with Crippen molar-refractivity contribution in [3.8, 4) is 0 Å². The van der Waals surface area contributed by atoms with Crippen molar-refractivity contribution in [3.63, 3.8) is 0 Å². The first kappa shape index (κ1) is 18.6. The van der Waals surface area contributed by atoms with E-state index in [1.54, 1.807) is 7.11 Å². The van der Waals surface area contributed by atoms with Crippen LogP contribution in [-0.4, -0.2) is 63.8 Å². The fourth-order valence-corrected chi connectivity index (χ4v) is 2.46. The van der Waals surface area contributed by atoms with Crippen LogP contribution in [0.1, 0.15) is 20.3 Å². The number of hydrogen-bond donors (Lipinski definition) is 2. The zero-order valence-electron chi connectivity index (χ0n) is 12.3. The first-order valence-electron chi connectivity index (χ1n) is 6.89. The molecule has 0 aliphatic carbocycles. The molecule has 1 atom stereocenters. The van der Waals surface area contributed by atoms with Gasteiger partial charge in [-0.25, -0.2) is 0 Å². The number of carbonyl (C=O) groups excluding carboxylic acids is 1. The zero-order chi connectivity index (χ0) is 13.4. The number of likely N-dealkylation sites (N-methyl/N-ethyl adjacent to an activating group) is 1. The molecule has 1 rings (SSSR count). The summed E-state index contributed by atoms with van der Waals surface area (Å²) in [5.41, 5.74) is -0.363. The van der Waals surface area contributed by atoms with Gasteiger partial charge < -0.3 is 20.3 Å². The second-order valence-electron chi connectivity index (χ2n) is 4.92. The van der Waals surface area contributed by atoms with Crippen molar-refractivity contribution >= 4 is 18.3 Å². The highest BCUT2D eigenvalue weighted by atomic mass is 35.5. The molecule has 0 saturated carbocycles. The Labute approximate surface area is 122 Å². The topological polar surface area (TPSA) is 53.6 Å². The van der Waals surface area contributed by atoms with Crippen molar-refractivity contribution in [3.05, 3.63) is 0 Å². The van der Waals surface area contributed by atoms with Crippen molar-refractivity contribution < 1.29 is 9.53 Å². The van der Waals surface area contributed by atoms with Gasteiger partial charge in [0.2, 0.25) is 5.91 Å². The van der Waals surface area contributed by atoms with E-state index < -0.39 is 0 Å². The number of rotatable bonds is 8. The SMILES string of the molecule is CCN(CC)CCNC(=O)C1(COC)CCNC1.Cl. The third-order valence-corrected chi connectivity index (χ3v) is 3.75. The molecule has 1 heterocycles.